The van der Waals surface area contributed by atoms with E-state index < -0.39 is 12.0 Å². The second-order valence-corrected chi connectivity index (χ2v) is 6.58. The van der Waals surface area contributed by atoms with Crippen LogP contribution in [0.15, 0.2) is 18.2 Å². The van der Waals surface area contributed by atoms with Gasteiger partial charge in [0, 0.05) is 12.0 Å². The first-order chi connectivity index (χ1) is 12.5. The summed E-state index contributed by atoms with van der Waals surface area (Å²) in [6, 6.07) is 4.87. The molecule has 3 atom stereocenters. The van der Waals surface area contributed by atoms with Crippen molar-refractivity contribution in [3.05, 3.63) is 23.8 Å². The molecule has 1 amide bonds. The molecule has 1 saturated carbocycles. The Kier molecular flexibility index (Phi) is 9.38. The number of carbonyl (C=O) groups is 2. The Labute approximate surface area is 166 Å². The minimum Gasteiger partial charge on any atom is -0.493 e. The molecule has 152 valence electrons. The predicted octanol–water partition coefficient (Wildman–Crippen LogP) is 2.36. The van der Waals surface area contributed by atoms with Crippen LogP contribution in [0.1, 0.15) is 43.7 Å². The molecule has 0 heterocycles. The highest BCUT2D eigenvalue weighted by Gasteiger charge is 2.28. The van der Waals surface area contributed by atoms with Crippen molar-refractivity contribution in [2.45, 2.75) is 44.2 Å². The zero-order valence-corrected chi connectivity index (χ0v) is 16.8. The van der Waals surface area contributed by atoms with Crippen LogP contribution in [0.3, 0.4) is 0 Å². The standard InChI is InChI=1S/C19H28N2O5.ClH/c1-24-16-8-7-12(10-17(16)25-2)15(11-18(22)26-3)21-19(23)13-5-4-6-14(20)9-13;/h7-8,10,13-15H,4-6,9,11,20H2,1-3H3,(H,21,23);1H. The summed E-state index contributed by atoms with van der Waals surface area (Å²) in [5.41, 5.74) is 6.74. The average molecular weight is 401 g/mol. The first-order valence-electron chi connectivity index (χ1n) is 8.83. The number of esters is 1. The molecule has 27 heavy (non-hydrogen) atoms. The molecular formula is C19H29ClN2O5. The summed E-state index contributed by atoms with van der Waals surface area (Å²) in [5.74, 6) is 0.514. The van der Waals surface area contributed by atoms with E-state index in [1.54, 1.807) is 26.4 Å². The van der Waals surface area contributed by atoms with Gasteiger partial charge in [0.15, 0.2) is 11.5 Å². The third-order valence-corrected chi connectivity index (χ3v) is 4.81. The lowest BCUT2D eigenvalue weighted by Crippen LogP contribution is -2.39. The van der Waals surface area contributed by atoms with Gasteiger partial charge in [-0.25, -0.2) is 0 Å². The Bertz CT molecular complexity index is 641. The van der Waals surface area contributed by atoms with Crippen molar-refractivity contribution in [2.24, 2.45) is 11.7 Å². The van der Waals surface area contributed by atoms with Crippen LogP contribution >= 0.6 is 12.4 Å². The Balaban J connectivity index is 0.00000364. The number of amides is 1. The van der Waals surface area contributed by atoms with Gasteiger partial charge < -0.3 is 25.3 Å². The summed E-state index contributed by atoms with van der Waals surface area (Å²) in [6.07, 6.45) is 3.41. The van der Waals surface area contributed by atoms with Crippen LogP contribution in [0.25, 0.3) is 0 Å². The van der Waals surface area contributed by atoms with E-state index in [1.807, 2.05) is 6.07 Å². The molecule has 0 radical (unpaired) electrons. The van der Waals surface area contributed by atoms with Gasteiger partial charge in [-0.2, -0.15) is 0 Å². The Hall–Kier alpha value is -1.99. The van der Waals surface area contributed by atoms with E-state index in [0.717, 1.165) is 24.8 Å². The number of ether oxygens (including phenoxy) is 3. The summed E-state index contributed by atoms with van der Waals surface area (Å²) >= 11 is 0. The second-order valence-electron chi connectivity index (χ2n) is 6.58. The highest BCUT2D eigenvalue weighted by atomic mass is 35.5. The number of nitrogens with two attached hydrogens (primary N) is 1. The summed E-state index contributed by atoms with van der Waals surface area (Å²) in [6.45, 7) is 0. The van der Waals surface area contributed by atoms with Crippen molar-refractivity contribution in [3.63, 3.8) is 0 Å². The summed E-state index contributed by atoms with van der Waals surface area (Å²) in [7, 11) is 4.42. The molecule has 3 unspecified atom stereocenters. The lowest BCUT2D eigenvalue weighted by atomic mass is 9.85. The van der Waals surface area contributed by atoms with E-state index in [-0.39, 0.29) is 36.7 Å². The predicted molar refractivity (Wildman–Crippen MR) is 104 cm³/mol. The Morgan fingerprint density at radius 1 is 1.19 bits per heavy atom. The maximum absolute atomic E-state index is 12.7. The number of halogens is 1. The molecule has 8 heteroatoms. The fraction of sp³-hybridized carbons (Fsp3) is 0.579. The van der Waals surface area contributed by atoms with Gasteiger partial charge in [-0.15, -0.1) is 12.4 Å². The molecule has 0 spiro atoms. The van der Waals surface area contributed by atoms with Gasteiger partial charge in [-0.3, -0.25) is 9.59 Å². The maximum Gasteiger partial charge on any atom is 0.307 e. The van der Waals surface area contributed by atoms with Gasteiger partial charge in [0.1, 0.15) is 0 Å². The van der Waals surface area contributed by atoms with Crippen molar-refractivity contribution in [2.75, 3.05) is 21.3 Å². The smallest absolute Gasteiger partial charge is 0.307 e. The average Bonchev–Trinajstić information content (AvgIpc) is 2.66. The summed E-state index contributed by atoms with van der Waals surface area (Å²) in [5, 5.41) is 2.99. The molecule has 1 aliphatic rings. The van der Waals surface area contributed by atoms with Crippen LogP contribution in [0.2, 0.25) is 0 Å². The van der Waals surface area contributed by atoms with Crippen molar-refractivity contribution in [1.82, 2.24) is 5.32 Å². The molecule has 0 bridgehead atoms. The van der Waals surface area contributed by atoms with Crippen LogP contribution < -0.4 is 20.5 Å². The first-order valence-corrected chi connectivity index (χ1v) is 8.83. The minimum absolute atomic E-state index is 0. The molecule has 0 saturated heterocycles. The summed E-state index contributed by atoms with van der Waals surface area (Å²) < 4.78 is 15.3. The molecule has 1 aromatic rings. The Morgan fingerprint density at radius 3 is 2.48 bits per heavy atom. The molecule has 3 N–H and O–H groups in total. The number of hydrogen-bond acceptors (Lipinski definition) is 6. The highest BCUT2D eigenvalue weighted by molar-refractivity contribution is 5.85. The van der Waals surface area contributed by atoms with Crippen LogP contribution in [-0.4, -0.2) is 39.2 Å². The molecule has 0 aromatic heterocycles. The third kappa shape index (κ3) is 6.29. The summed E-state index contributed by atoms with van der Waals surface area (Å²) in [4.78, 5) is 24.5. The molecule has 7 nitrogen and oxygen atoms in total. The molecular weight excluding hydrogens is 372 g/mol. The lowest BCUT2D eigenvalue weighted by Gasteiger charge is -2.28. The van der Waals surface area contributed by atoms with Crippen molar-refractivity contribution >= 4 is 24.3 Å². The van der Waals surface area contributed by atoms with Gasteiger partial charge in [0.25, 0.3) is 0 Å². The normalized spacial score (nSPS) is 20.0. The number of methoxy groups -OCH3 is 3. The monoisotopic (exact) mass is 400 g/mol. The van der Waals surface area contributed by atoms with Crippen LogP contribution in [0.4, 0.5) is 0 Å². The highest BCUT2D eigenvalue weighted by Crippen LogP contribution is 2.32. The zero-order valence-electron chi connectivity index (χ0n) is 16.0. The van der Waals surface area contributed by atoms with Gasteiger partial charge in [-0.1, -0.05) is 12.5 Å². The van der Waals surface area contributed by atoms with E-state index in [4.69, 9.17) is 19.9 Å². The third-order valence-electron chi connectivity index (χ3n) is 4.81. The van der Waals surface area contributed by atoms with E-state index in [0.29, 0.717) is 17.9 Å². The topological polar surface area (TPSA) is 99.9 Å². The van der Waals surface area contributed by atoms with Crippen molar-refractivity contribution in [3.8, 4) is 11.5 Å². The molecule has 2 rings (SSSR count). The maximum atomic E-state index is 12.7. The fourth-order valence-electron chi connectivity index (χ4n) is 3.33. The van der Waals surface area contributed by atoms with Gasteiger partial charge >= 0.3 is 5.97 Å². The largest absolute Gasteiger partial charge is 0.493 e. The lowest BCUT2D eigenvalue weighted by molar-refractivity contribution is -0.141. The van der Waals surface area contributed by atoms with E-state index >= 15 is 0 Å². The quantitative estimate of drug-likeness (QED) is 0.681. The zero-order chi connectivity index (χ0) is 19.1. The number of hydrogen-bond donors (Lipinski definition) is 2. The molecule has 1 fully saturated rings. The number of benzene rings is 1. The number of carbonyl (C=O) groups excluding carboxylic acids is 2. The van der Waals surface area contributed by atoms with Gasteiger partial charge in [0.2, 0.25) is 5.91 Å². The first kappa shape index (κ1) is 23.0. The van der Waals surface area contributed by atoms with E-state index in [2.05, 4.69) is 5.32 Å². The van der Waals surface area contributed by atoms with Crippen molar-refractivity contribution < 1.29 is 23.8 Å². The van der Waals surface area contributed by atoms with E-state index in [9.17, 15) is 9.59 Å². The van der Waals surface area contributed by atoms with E-state index in [1.165, 1.54) is 7.11 Å². The van der Waals surface area contributed by atoms with Crippen LogP contribution in [0, 0.1) is 5.92 Å². The van der Waals surface area contributed by atoms with Gasteiger partial charge in [0.05, 0.1) is 33.8 Å². The van der Waals surface area contributed by atoms with Gasteiger partial charge in [-0.05, 0) is 37.0 Å². The van der Waals surface area contributed by atoms with Crippen molar-refractivity contribution in [1.29, 1.82) is 0 Å². The SMILES string of the molecule is COC(=O)CC(NC(=O)C1CCCC(N)C1)c1ccc(OC)c(OC)c1.Cl. The molecule has 0 aliphatic heterocycles. The molecule has 1 aromatic carbocycles. The van der Waals surface area contributed by atoms with Crippen LogP contribution in [-0.2, 0) is 14.3 Å². The van der Waals surface area contributed by atoms with Crippen LogP contribution in [0.5, 0.6) is 11.5 Å². The fourth-order valence-corrected chi connectivity index (χ4v) is 3.33. The minimum atomic E-state index is -0.507. The molecule has 1 aliphatic carbocycles. The Morgan fingerprint density at radius 2 is 1.89 bits per heavy atom. The number of nitrogens with one attached hydrogen (secondary N) is 1. The second kappa shape index (κ2) is 11.0. The number of rotatable bonds is 7.